The molecule has 1 rings (SSSR count). The molecule has 0 aliphatic carbocycles. The lowest BCUT2D eigenvalue weighted by Crippen LogP contribution is -2.12. The van der Waals surface area contributed by atoms with Crippen LogP contribution in [-0.4, -0.2) is 18.1 Å². The zero-order valence-electron chi connectivity index (χ0n) is 9.00. The predicted molar refractivity (Wildman–Crippen MR) is 67.1 cm³/mol. The standard InChI is InChI=1S/C11H18N2S/c1-8-4-5-10(6-11(8)12)13-7-9(2)14-3/h4-6,9,13H,7,12H2,1-3H3. The quantitative estimate of drug-likeness (QED) is 0.750. The molecule has 2 nitrogen and oxygen atoms in total. The van der Waals surface area contributed by atoms with E-state index < -0.39 is 0 Å². The maximum Gasteiger partial charge on any atom is 0.0364 e. The van der Waals surface area contributed by atoms with Crippen molar-refractivity contribution < 1.29 is 0 Å². The molecule has 14 heavy (non-hydrogen) atoms. The molecule has 0 saturated heterocycles. The van der Waals surface area contributed by atoms with Gasteiger partial charge in [-0.15, -0.1) is 0 Å². The molecule has 0 amide bonds. The molecule has 0 saturated carbocycles. The number of hydrogen-bond acceptors (Lipinski definition) is 3. The van der Waals surface area contributed by atoms with Gasteiger partial charge in [0, 0.05) is 23.2 Å². The minimum absolute atomic E-state index is 0.623. The van der Waals surface area contributed by atoms with E-state index in [1.807, 2.05) is 30.8 Å². The van der Waals surface area contributed by atoms with Crippen LogP contribution in [0.15, 0.2) is 18.2 Å². The molecule has 0 fully saturated rings. The molecule has 0 radical (unpaired) electrons. The summed E-state index contributed by atoms with van der Waals surface area (Å²) in [5.41, 5.74) is 8.91. The first kappa shape index (κ1) is 11.2. The molecule has 0 aliphatic heterocycles. The Labute approximate surface area is 90.3 Å². The van der Waals surface area contributed by atoms with Gasteiger partial charge in [0.05, 0.1) is 0 Å². The van der Waals surface area contributed by atoms with Crippen molar-refractivity contribution in [3.63, 3.8) is 0 Å². The van der Waals surface area contributed by atoms with E-state index in [0.29, 0.717) is 5.25 Å². The van der Waals surface area contributed by atoms with E-state index >= 15 is 0 Å². The number of nitrogens with two attached hydrogens (primary N) is 1. The van der Waals surface area contributed by atoms with E-state index in [0.717, 1.165) is 23.5 Å². The molecule has 0 aliphatic rings. The van der Waals surface area contributed by atoms with Crippen LogP contribution in [0.25, 0.3) is 0 Å². The zero-order chi connectivity index (χ0) is 10.6. The predicted octanol–water partition coefficient (Wildman–Crippen LogP) is 2.74. The van der Waals surface area contributed by atoms with Gasteiger partial charge in [-0.05, 0) is 30.9 Å². The summed E-state index contributed by atoms with van der Waals surface area (Å²) in [6, 6.07) is 6.10. The van der Waals surface area contributed by atoms with Gasteiger partial charge >= 0.3 is 0 Å². The molecule has 3 N–H and O–H groups in total. The summed E-state index contributed by atoms with van der Waals surface area (Å²) < 4.78 is 0. The minimum atomic E-state index is 0.623. The smallest absolute Gasteiger partial charge is 0.0364 e. The first-order chi connectivity index (χ1) is 6.63. The fourth-order valence-electron chi connectivity index (χ4n) is 1.10. The number of thioether (sulfide) groups is 1. The summed E-state index contributed by atoms with van der Waals surface area (Å²) >= 11 is 1.86. The Hall–Kier alpha value is -0.830. The average Bonchev–Trinajstić information content (AvgIpc) is 2.19. The van der Waals surface area contributed by atoms with Gasteiger partial charge in [0.1, 0.15) is 0 Å². The van der Waals surface area contributed by atoms with E-state index in [9.17, 15) is 0 Å². The normalized spacial score (nSPS) is 12.5. The van der Waals surface area contributed by atoms with Crippen LogP contribution >= 0.6 is 11.8 Å². The van der Waals surface area contributed by atoms with Crippen LogP contribution in [0.1, 0.15) is 12.5 Å². The molecule has 0 heterocycles. The number of nitrogen functional groups attached to an aromatic ring is 1. The highest BCUT2D eigenvalue weighted by atomic mass is 32.2. The van der Waals surface area contributed by atoms with E-state index in [-0.39, 0.29) is 0 Å². The van der Waals surface area contributed by atoms with Gasteiger partial charge in [-0.1, -0.05) is 13.0 Å². The summed E-state index contributed by atoms with van der Waals surface area (Å²) in [5.74, 6) is 0. The van der Waals surface area contributed by atoms with Crippen molar-refractivity contribution in [3.05, 3.63) is 23.8 Å². The van der Waals surface area contributed by atoms with Crippen LogP contribution in [0.3, 0.4) is 0 Å². The molecule has 78 valence electrons. The fourth-order valence-corrected chi connectivity index (χ4v) is 1.35. The van der Waals surface area contributed by atoms with Crippen LogP contribution in [0.2, 0.25) is 0 Å². The van der Waals surface area contributed by atoms with Crippen molar-refractivity contribution in [1.82, 2.24) is 0 Å². The average molecular weight is 210 g/mol. The van der Waals surface area contributed by atoms with Crippen molar-refractivity contribution in [2.75, 3.05) is 23.9 Å². The van der Waals surface area contributed by atoms with E-state index in [4.69, 9.17) is 5.73 Å². The third kappa shape index (κ3) is 3.14. The number of nitrogens with one attached hydrogen (secondary N) is 1. The number of hydrogen-bond donors (Lipinski definition) is 2. The van der Waals surface area contributed by atoms with Crippen molar-refractivity contribution in [1.29, 1.82) is 0 Å². The summed E-state index contributed by atoms with van der Waals surface area (Å²) in [6.45, 7) is 5.20. The monoisotopic (exact) mass is 210 g/mol. The number of benzene rings is 1. The summed E-state index contributed by atoms with van der Waals surface area (Å²) in [5, 5.41) is 3.99. The molecule has 0 bridgehead atoms. The second kappa shape index (κ2) is 5.15. The topological polar surface area (TPSA) is 38.0 Å². The summed E-state index contributed by atoms with van der Waals surface area (Å²) in [4.78, 5) is 0. The lowest BCUT2D eigenvalue weighted by molar-refractivity contribution is 1.00. The Bertz CT molecular complexity index is 299. The molecule has 3 heteroatoms. The number of aryl methyl sites for hydroxylation is 1. The summed E-state index contributed by atoms with van der Waals surface area (Å²) in [7, 11) is 0. The van der Waals surface area contributed by atoms with Crippen LogP contribution < -0.4 is 11.1 Å². The van der Waals surface area contributed by atoms with Gasteiger partial charge in [-0.3, -0.25) is 0 Å². The maximum atomic E-state index is 5.81. The van der Waals surface area contributed by atoms with Crippen LogP contribution in [0, 0.1) is 6.92 Å². The maximum absolute atomic E-state index is 5.81. The van der Waals surface area contributed by atoms with E-state index in [1.54, 1.807) is 0 Å². The van der Waals surface area contributed by atoms with Crippen LogP contribution in [0.4, 0.5) is 11.4 Å². The Morgan fingerprint density at radius 3 is 2.79 bits per heavy atom. The third-order valence-electron chi connectivity index (χ3n) is 2.28. The van der Waals surface area contributed by atoms with Gasteiger partial charge < -0.3 is 11.1 Å². The lowest BCUT2D eigenvalue weighted by atomic mass is 10.2. The van der Waals surface area contributed by atoms with Crippen molar-refractivity contribution in [3.8, 4) is 0 Å². The van der Waals surface area contributed by atoms with Gasteiger partial charge in [0.15, 0.2) is 0 Å². The molecular weight excluding hydrogens is 192 g/mol. The van der Waals surface area contributed by atoms with Gasteiger partial charge in [0.25, 0.3) is 0 Å². The molecule has 1 aromatic rings. The first-order valence-corrected chi connectivity index (χ1v) is 6.05. The highest BCUT2D eigenvalue weighted by Crippen LogP contribution is 2.17. The minimum Gasteiger partial charge on any atom is -0.398 e. The zero-order valence-corrected chi connectivity index (χ0v) is 9.82. The van der Waals surface area contributed by atoms with Gasteiger partial charge in [-0.25, -0.2) is 0 Å². The largest absolute Gasteiger partial charge is 0.398 e. The lowest BCUT2D eigenvalue weighted by Gasteiger charge is -2.12. The molecule has 1 atom stereocenters. The highest BCUT2D eigenvalue weighted by molar-refractivity contribution is 7.99. The Morgan fingerprint density at radius 2 is 2.21 bits per heavy atom. The van der Waals surface area contributed by atoms with Crippen LogP contribution in [0.5, 0.6) is 0 Å². The van der Waals surface area contributed by atoms with Crippen molar-refractivity contribution >= 4 is 23.1 Å². The van der Waals surface area contributed by atoms with Gasteiger partial charge in [-0.2, -0.15) is 11.8 Å². The SMILES string of the molecule is CSC(C)CNc1ccc(C)c(N)c1. The third-order valence-corrected chi connectivity index (χ3v) is 3.25. The Balaban J connectivity index is 2.55. The second-order valence-corrected chi connectivity index (χ2v) is 4.77. The molecule has 1 aromatic carbocycles. The second-order valence-electron chi connectivity index (χ2n) is 3.50. The highest BCUT2D eigenvalue weighted by Gasteiger charge is 2.00. The molecule has 1 unspecified atom stereocenters. The first-order valence-electron chi connectivity index (χ1n) is 4.76. The van der Waals surface area contributed by atoms with Crippen molar-refractivity contribution in [2.24, 2.45) is 0 Å². The molecular formula is C11H18N2S. The number of anilines is 2. The van der Waals surface area contributed by atoms with Gasteiger partial charge in [0.2, 0.25) is 0 Å². The fraction of sp³-hybridized carbons (Fsp3) is 0.455. The Morgan fingerprint density at radius 1 is 1.50 bits per heavy atom. The Kier molecular flexibility index (Phi) is 4.14. The van der Waals surface area contributed by atoms with Crippen LogP contribution in [-0.2, 0) is 0 Å². The summed E-state index contributed by atoms with van der Waals surface area (Å²) in [6.07, 6.45) is 2.12. The van der Waals surface area contributed by atoms with E-state index in [2.05, 4.69) is 24.6 Å². The van der Waals surface area contributed by atoms with E-state index in [1.165, 1.54) is 0 Å². The molecule has 0 aromatic heterocycles. The number of rotatable bonds is 4. The van der Waals surface area contributed by atoms with Crippen molar-refractivity contribution in [2.45, 2.75) is 19.1 Å². The molecule has 0 spiro atoms.